The number of hydrogen-bond acceptors (Lipinski definition) is 5. The molecule has 0 fully saturated rings. The van der Waals surface area contributed by atoms with Gasteiger partial charge in [0.25, 0.3) is 0 Å². The lowest BCUT2D eigenvalue weighted by atomic mass is 9.95. The van der Waals surface area contributed by atoms with Crippen molar-refractivity contribution in [1.29, 1.82) is 0 Å². The Balaban J connectivity index is 1.10. The topological polar surface area (TPSA) is 51.8 Å². The summed E-state index contributed by atoms with van der Waals surface area (Å²) in [4.78, 5) is 15.3. The van der Waals surface area contributed by atoms with Crippen molar-refractivity contribution < 1.29 is 4.42 Å². The monoisotopic (exact) mass is 681 g/mol. The predicted molar refractivity (Wildman–Crippen MR) is 217 cm³/mol. The molecule has 4 nitrogen and oxygen atoms in total. The van der Waals surface area contributed by atoms with Crippen LogP contribution in [0.25, 0.3) is 109 Å². The molecule has 3 heterocycles. The minimum Gasteiger partial charge on any atom is -0.456 e. The van der Waals surface area contributed by atoms with Crippen LogP contribution in [0, 0.1) is 0 Å². The van der Waals surface area contributed by atoms with Crippen LogP contribution in [0.2, 0.25) is 0 Å². The molecule has 0 N–H and O–H groups in total. The highest BCUT2D eigenvalue weighted by molar-refractivity contribution is 7.26. The average Bonchev–Trinajstić information content (AvgIpc) is 3.79. The molecule has 52 heavy (non-hydrogen) atoms. The molecule has 0 amide bonds. The van der Waals surface area contributed by atoms with Gasteiger partial charge in [-0.15, -0.1) is 11.3 Å². The van der Waals surface area contributed by atoms with Crippen LogP contribution >= 0.6 is 11.3 Å². The van der Waals surface area contributed by atoms with Crippen molar-refractivity contribution in [2.24, 2.45) is 0 Å². The summed E-state index contributed by atoms with van der Waals surface area (Å²) in [5.41, 5.74) is 6.66. The van der Waals surface area contributed by atoms with Crippen LogP contribution in [-0.2, 0) is 0 Å². The van der Waals surface area contributed by atoms with Crippen LogP contribution in [0.3, 0.4) is 0 Å². The van der Waals surface area contributed by atoms with Gasteiger partial charge in [0.1, 0.15) is 11.2 Å². The number of benzene rings is 8. The first-order chi connectivity index (χ1) is 25.7. The molecule has 3 aromatic heterocycles. The Labute approximate surface area is 302 Å². The van der Waals surface area contributed by atoms with Gasteiger partial charge in [0.15, 0.2) is 17.5 Å². The summed E-state index contributed by atoms with van der Waals surface area (Å²) < 4.78 is 8.88. The molecule has 0 aliphatic heterocycles. The zero-order valence-electron chi connectivity index (χ0n) is 27.7. The molecule has 11 rings (SSSR count). The normalized spacial score (nSPS) is 11.8. The van der Waals surface area contributed by atoms with E-state index in [4.69, 9.17) is 19.4 Å². The van der Waals surface area contributed by atoms with E-state index in [1.165, 1.54) is 41.7 Å². The van der Waals surface area contributed by atoms with E-state index in [1.807, 2.05) is 72.0 Å². The standard InChI is InChI=1S/C47H27N3OS/c1-2-10-30(11-3-1)45-48-46(50-47(49-45)37-16-9-18-40-43(37)36-15-4-6-17-39(36)51-40)33-13-8-12-31(26-33)32-23-21-28-20-22-29-24-25-35-34-14-5-7-19-41(34)52-44(35)42(29)38(28)27-32/h1-27H. The first kappa shape index (κ1) is 29.1. The Bertz CT molecular complexity index is 3200. The van der Waals surface area contributed by atoms with Crippen LogP contribution < -0.4 is 0 Å². The highest BCUT2D eigenvalue weighted by Gasteiger charge is 2.18. The molecule has 0 radical (unpaired) electrons. The second-order valence-electron chi connectivity index (χ2n) is 13.2. The van der Waals surface area contributed by atoms with Crippen molar-refractivity contribution in [2.45, 2.75) is 0 Å². The summed E-state index contributed by atoms with van der Waals surface area (Å²) in [6.45, 7) is 0. The Kier molecular flexibility index (Phi) is 6.39. The van der Waals surface area contributed by atoms with Crippen LogP contribution in [0.15, 0.2) is 168 Å². The highest BCUT2D eigenvalue weighted by atomic mass is 32.1. The fourth-order valence-electron chi connectivity index (χ4n) is 7.64. The van der Waals surface area contributed by atoms with Gasteiger partial charge in [-0.1, -0.05) is 133 Å². The van der Waals surface area contributed by atoms with Crippen molar-refractivity contribution in [2.75, 3.05) is 0 Å². The van der Waals surface area contributed by atoms with Crippen molar-refractivity contribution in [3.05, 3.63) is 164 Å². The first-order valence-corrected chi connectivity index (χ1v) is 18.2. The van der Waals surface area contributed by atoms with Gasteiger partial charge in [-0.3, -0.25) is 0 Å². The molecule has 11 aromatic rings. The molecular formula is C47H27N3OS. The average molecular weight is 682 g/mol. The Morgan fingerprint density at radius 3 is 1.96 bits per heavy atom. The van der Waals surface area contributed by atoms with Gasteiger partial charge >= 0.3 is 0 Å². The van der Waals surface area contributed by atoms with Crippen LogP contribution in [0.5, 0.6) is 0 Å². The van der Waals surface area contributed by atoms with Crippen LogP contribution in [-0.4, -0.2) is 15.0 Å². The van der Waals surface area contributed by atoms with Gasteiger partial charge in [-0.05, 0) is 57.6 Å². The minimum atomic E-state index is 0.607. The smallest absolute Gasteiger partial charge is 0.164 e. The number of para-hydroxylation sites is 1. The summed E-state index contributed by atoms with van der Waals surface area (Å²) in [6.07, 6.45) is 0. The zero-order valence-corrected chi connectivity index (χ0v) is 28.6. The lowest BCUT2D eigenvalue weighted by molar-refractivity contribution is 0.669. The van der Waals surface area contributed by atoms with Crippen LogP contribution in [0.1, 0.15) is 0 Å². The van der Waals surface area contributed by atoms with Gasteiger partial charge in [-0.25, -0.2) is 15.0 Å². The Morgan fingerprint density at radius 1 is 0.385 bits per heavy atom. The third-order valence-corrected chi connectivity index (χ3v) is 11.3. The third kappa shape index (κ3) is 4.57. The third-order valence-electron chi connectivity index (χ3n) is 10.1. The maximum atomic E-state index is 6.23. The summed E-state index contributed by atoms with van der Waals surface area (Å²) in [6, 6.07) is 57.4. The summed E-state index contributed by atoms with van der Waals surface area (Å²) in [7, 11) is 0. The lowest BCUT2D eigenvalue weighted by Crippen LogP contribution is -2.00. The van der Waals surface area contributed by atoms with Gasteiger partial charge in [0.05, 0.1) is 0 Å². The molecule has 242 valence electrons. The number of furan rings is 1. The number of nitrogens with zero attached hydrogens (tertiary/aromatic N) is 3. The van der Waals surface area contributed by atoms with Crippen molar-refractivity contribution >= 4 is 75.0 Å². The summed E-state index contributed by atoms with van der Waals surface area (Å²) >= 11 is 1.88. The van der Waals surface area contributed by atoms with E-state index < -0.39 is 0 Å². The van der Waals surface area contributed by atoms with E-state index >= 15 is 0 Å². The molecule has 0 aliphatic carbocycles. The summed E-state index contributed by atoms with van der Waals surface area (Å²) in [5.74, 6) is 1.85. The highest BCUT2D eigenvalue weighted by Crippen LogP contribution is 2.42. The van der Waals surface area contributed by atoms with E-state index in [-0.39, 0.29) is 0 Å². The molecule has 0 saturated heterocycles. The molecule has 0 aliphatic rings. The minimum absolute atomic E-state index is 0.607. The van der Waals surface area contributed by atoms with Crippen molar-refractivity contribution in [3.8, 4) is 45.3 Å². The molecule has 5 heteroatoms. The lowest BCUT2D eigenvalue weighted by Gasteiger charge is -2.11. The molecule has 0 spiro atoms. The van der Waals surface area contributed by atoms with Crippen molar-refractivity contribution in [1.82, 2.24) is 15.0 Å². The Hall–Kier alpha value is -6.69. The number of thiophene rings is 1. The molecule has 0 bridgehead atoms. The maximum absolute atomic E-state index is 6.23. The van der Waals surface area contributed by atoms with Crippen molar-refractivity contribution in [3.63, 3.8) is 0 Å². The fraction of sp³-hybridized carbons (Fsp3) is 0. The number of fused-ring (bicyclic) bond motifs is 10. The van der Waals surface area contributed by atoms with Crippen LogP contribution in [0.4, 0.5) is 0 Å². The molecule has 8 aromatic carbocycles. The fourth-order valence-corrected chi connectivity index (χ4v) is 8.91. The predicted octanol–water partition coefficient (Wildman–Crippen LogP) is 13.1. The van der Waals surface area contributed by atoms with E-state index in [0.717, 1.165) is 49.8 Å². The number of hydrogen-bond donors (Lipinski definition) is 0. The van der Waals surface area contributed by atoms with E-state index in [9.17, 15) is 0 Å². The molecular weight excluding hydrogens is 655 g/mol. The van der Waals surface area contributed by atoms with E-state index in [1.54, 1.807) is 0 Å². The SMILES string of the molecule is c1ccc(-c2nc(-c3cccc(-c4ccc5ccc6ccc7c8ccccc8sc7c6c5c4)c3)nc(-c3cccc4oc5ccccc5c34)n2)cc1. The number of rotatable bonds is 4. The largest absolute Gasteiger partial charge is 0.456 e. The first-order valence-electron chi connectivity index (χ1n) is 17.3. The number of aromatic nitrogens is 3. The summed E-state index contributed by atoms with van der Waals surface area (Å²) in [5, 5.41) is 9.71. The van der Waals surface area contributed by atoms with E-state index in [2.05, 4.69) is 103 Å². The second kappa shape index (κ2) is 11.4. The second-order valence-corrected chi connectivity index (χ2v) is 14.2. The quantitative estimate of drug-likeness (QED) is 0.174. The van der Waals surface area contributed by atoms with Gasteiger partial charge in [0, 0.05) is 53.0 Å². The Morgan fingerprint density at radius 2 is 1.04 bits per heavy atom. The van der Waals surface area contributed by atoms with Gasteiger partial charge in [0.2, 0.25) is 0 Å². The van der Waals surface area contributed by atoms with Gasteiger partial charge in [-0.2, -0.15) is 0 Å². The molecule has 0 saturated carbocycles. The zero-order chi connectivity index (χ0) is 34.2. The maximum Gasteiger partial charge on any atom is 0.164 e. The van der Waals surface area contributed by atoms with Gasteiger partial charge < -0.3 is 4.42 Å². The molecule has 0 unspecified atom stereocenters. The molecule has 0 atom stereocenters. The van der Waals surface area contributed by atoms with E-state index in [0.29, 0.717) is 17.5 Å².